The first kappa shape index (κ1) is 46.4. The molecule has 18 heteroatoms. The molecule has 0 fully saturated rings. The first-order valence-electron chi connectivity index (χ1n) is 19.8. The zero-order valence-electron chi connectivity index (χ0n) is 35.4. The van der Waals surface area contributed by atoms with Crippen molar-refractivity contribution in [1.29, 1.82) is 0 Å². The molecular weight excluding hydrogens is 859 g/mol. The summed E-state index contributed by atoms with van der Waals surface area (Å²) in [4.78, 5) is 37.1. The van der Waals surface area contributed by atoms with Crippen LogP contribution in [0.5, 0.6) is 5.75 Å². The van der Waals surface area contributed by atoms with E-state index in [9.17, 15) is 35.6 Å². The van der Waals surface area contributed by atoms with Crippen LogP contribution in [0.1, 0.15) is 39.7 Å². The van der Waals surface area contributed by atoms with Crippen LogP contribution in [-0.4, -0.2) is 78.7 Å². The number of benzene rings is 3. The Morgan fingerprint density at radius 2 is 1.49 bits per heavy atom. The van der Waals surface area contributed by atoms with Gasteiger partial charge < -0.3 is 30.1 Å². The van der Waals surface area contributed by atoms with E-state index in [4.69, 9.17) is 0 Å². The molecule has 12 nitrogen and oxygen atoms in total. The molecule has 2 aliphatic rings. The van der Waals surface area contributed by atoms with Gasteiger partial charge in [-0.2, -0.15) is 0 Å². The minimum atomic E-state index is -4.85. The van der Waals surface area contributed by atoms with Gasteiger partial charge in [0.1, 0.15) is 11.6 Å². The summed E-state index contributed by atoms with van der Waals surface area (Å²) in [7, 11) is -0.726. The number of nitrogens with one attached hydrogen (secondary N) is 2. The summed E-state index contributed by atoms with van der Waals surface area (Å²) < 4.78 is 82.8. The number of nitrogens with zero attached hydrogens (tertiary/aromatic N) is 5. The molecule has 0 atom stereocenters. The smallest absolute Gasteiger partial charge is 0.406 e. The molecule has 6 rings (SSSR count). The fourth-order valence-electron chi connectivity index (χ4n) is 6.67. The van der Waals surface area contributed by atoms with Gasteiger partial charge in [-0.15, -0.1) is 13.2 Å². The molecule has 1 aliphatic carbocycles. The maximum Gasteiger partial charge on any atom is 0.573 e. The van der Waals surface area contributed by atoms with Gasteiger partial charge in [-0.1, -0.05) is 30.0 Å². The predicted octanol–water partition coefficient (Wildman–Crippen LogP) is 10.5. The van der Waals surface area contributed by atoms with Crippen molar-refractivity contribution < 1.29 is 40.3 Å². The molecule has 0 unspecified atom stereocenters. The summed E-state index contributed by atoms with van der Waals surface area (Å²) in [5.74, 6) is -0.886. The zero-order chi connectivity index (χ0) is 45.6. The van der Waals surface area contributed by atoms with Crippen molar-refractivity contribution in [2.45, 2.75) is 64.0 Å². The molecule has 2 N–H and O–H groups in total. The van der Waals surface area contributed by atoms with E-state index in [2.05, 4.69) is 26.4 Å². The number of alkyl halides is 3. The number of amides is 4. The number of sulfonamides is 1. The summed E-state index contributed by atoms with van der Waals surface area (Å²) in [5.41, 5.74) is 4.99. The Balaban J connectivity index is 1.26. The minimum Gasteiger partial charge on any atom is -0.406 e. The van der Waals surface area contributed by atoms with Gasteiger partial charge in [-0.05, 0) is 129 Å². The monoisotopic (exact) mass is 905 g/mol. The summed E-state index contributed by atoms with van der Waals surface area (Å²) in [6, 6.07) is 17.8. The van der Waals surface area contributed by atoms with Crippen molar-refractivity contribution in [2.24, 2.45) is 0 Å². The van der Waals surface area contributed by atoms with Gasteiger partial charge in [-0.3, -0.25) is 4.98 Å². The van der Waals surface area contributed by atoms with E-state index in [-0.39, 0.29) is 41.8 Å². The first-order chi connectivity index (χ1) is 29.8. The lowest BCUT2D eigenvalue weighted by atomic mass is 10.0. The lowest BCUT2D eigenvalue weighted by molar-refractivity contribution is -0.274. The summed E-state index contributed by atoms with van der Waals surface area (Å²) in [6.45, 7) is 7.89. The number of aromatic nitrogens is 1. The summed E-state index contributed by atoms with van der Waals surface area (Å²) in [5, 5.41) is 8.49. The number of anilines is 3. The number of pyridine rings is 1. The van der Waals surface area contributed by atoms with Gasteiger partial charge in [0.15, 0.2) is 0 Å². The van der Waals surface area contributed by atoms with E-state index >= 15 is 0 Å². The average Bonchev–Trinajstić information content (AvgIpc) is 3.72. The second-order valence-electron chi connectivity index (χ2n) is 15.4. The SMILES string of the molecule is CC(C)N(CC1=CC(=C2SC=CN2c2cc(CN(C(=O)Nc3ccc(OC(F)(F)F)cc3)C(C)C)cc(-c3cc(F)ccn3)c2)CC=C1)C(=O)Nc1ccc(S(=O)(=O)N(C)C)cc1. The van der Waals surface area contributed by atoms with Gasteiger partial charge in [0.2, 0.25) is 10.0 Å². The molecular formula is C45H47F4N7O5S2. The molecule has 0 saturated heterocycles. The second kappa shape index (κ2) is 19.5. The highest BCUT2D eigenvalue weighted by Gasteiger charge is 2.31. The van der Waals surface area contributed by atoms with Gasteiger partial charge in [0.25, 0.3) is 0 Å². The molecule has 1 aliphatic heterocycles. The van der Waals surface area contributed by atoms with E-state index in [0.29, 0.717) is 28.9 Å². The number of urea groups is 2. The predicted molar refractivity (Wildman–Crippen MR) is 239 cm³/mol. The van der Waals surface area contributed by atoms with E-state index in [1.54, 1.807) is 21.9 Å². The Morgan fingerprint density at radius 3 is 2.08 bits per heavy atom. The number of carbonyl (C=O) groups excluding carboxylic acids is 2. The highest BCUT2D eigenvalue weighted by atomic mass is 32.2. The Kier molecular flexibility index (Phi) is 14.4. The highest BCUT2D eigenvalue weighted by Crippen LogP contribution is 2.40. The third-order valence-corrected chi connectivity index (χ3v) is 12.7. The van der Waals surface area contributed by atoms with Crippen LogP contribution in [-0.2, 0) is 16.6 Å². The molecule has 1 aromatic heterocycles. The highest BCUT2D eigenvalue weighted by molar-refractivity contribution is 8.06. The van der Waals surface area contributed by atoms with Gasteiger partial charge in [-0.25, -0.2) is 26.7 Å². The Morgan fingerprint density at radius 1 is 0.873 bits per heavy atom. The molecule has 63 heavy (non-hydrogen) atoms. The Hall–Kier alpha value is -6.11. The molecule has 0 radical (unpaired) electrons. The van der Waals surface area contributed by atoms with E-state index < -0.39 is 34.0 Å². The van der Waals surface area contributed by atoms with Gasteiger partial charge in [0, 0.05) is 80.4 Å². The van der Waals surface area contributed by atoms with Crippen molar-refractivity contribution in [3.05, 3.63) is 142 Å². The molecule has 0 spiro atoms. The normalized spacial score (nSPS) is 15.3. The number of rotatable bonds is 13. The quantitative estimate of drug-likeness (QED) is 0.127. The van der Waals surface area contributed by atoms with Crippen molar-refractivity contribution in [1.82, 2.24) is 19.1 Å². The Bertz CT molecular complexity index is 2560. The van der Waals surface area contributed by atoms with Crippen molar-refractivity contribution in [3.63, 3.8) is 0 Å². The standard InChI is InChI=1S/C45H47F4N7O5S2/c1-29(2)55(43(57)52-37-12-16-40(17-13-37)63(59,60)53(5)6)27-31-8-7-9-33(22-31)42-54(20-21-62-42)38-24-32(23-34(25-38)41-26-35(46)18-19-50-41)28-56(30(3)4)44(58)51-36-10-14-39(15-11-36)61-45(47,48)49/h7-8,10-26,29-30H,9,27-28H2,1-6H3,(H,51,58)(H,52,57). The number of carbonyl (C=O) groups is 2. The van der Waals surface area contributed by atoms with E-state index in [0.717, 1.165) is 38.3 Å². The van der Waals surface area contributed by atoms with Crippen molar-refractivity contribution in [2.75, 3.05) is 36.2 Å². The van der Waals surface area contributed by atoms with Gasteiger partial charge >= 0.3 is 18.4 Å². The molecule has 4 aromatic rings. The van der Waals surface area contributed by atoms with Crippen LogP contribution in [0, 0.1) is 5.82 Å². The van der Waals surface area contributed by atoms with Crippen LogP contribution < -0.4 is 20.3 Å². The lowest BCUT2D eigenvalue weighted by Gasteiger charge is -2.29. The van der Waals surface area contributed by atoms with Crippen LogP contribution in [0.4, 0.5) is 44.2 Å². The fraction of sp³-hybridized carbons (Fsp3) is 0.267. The maximum absolute atomic E-state index is 14.5. The topological polar surface area (TPSA) is 127 Å². The van der Waals surface area contributed by atoms with Crippen molar-refractivity contribution >= 4 is 50.9 Å². The van der Waals surface area contributed by atoms with E-state index in [1.165, 1.54) is 68.5 Å². The molecule has 4 amide bonds. The lowest BCUT2D eigenvalue weighted by Crippen LogP contribution is -2.41. The largest absolute Gasteiger partial charge is 0.573 e. The fourth-order valence-corrected chi connectivity index (χ4v) is 8.45. The maximum atomic E-state index is 14.5. The van der Waals surface area contributed by atoms with Crippen LogP contribution in [0.3, 0.4) is 0 Å². The van der Waals surface area contributed by atoms with E-state index in [1.807, 2.05) is 74.6 Å². The number of hydrogen-bond donors (Lipinski definition) is 2. The average molecular weight is 906 g/mol. The molecule has 0 saturated carbocycles. The second-order valence-corrected chi connectivity index (χ2v) is 18.4. The minimum absolute atomic E-state index is 0.111. The number of hydrogen-bond acceptors (Lipinski definition) is 8. The molecule has 3 aromatic carbocycles. The van der Waals surface area contributed by atoms with Crippen LogP contribution in [0.15, 0.2) is 136 Å². The van der Waals surface area contributed by atoms with Crippen LogP contribution >= 0.6 is 11.8 Å². The van der Waals surface area contributed by atoms with Crippen LogP contribution in [0.25, 0.3) is 11.3 Å². The Labute approximate surface area is 368 Å². The van der Waals surface area contributed by atoms with Crippen LogP contribution in [0.2, 0.25) is 0 Å². The summed E-state index contributed by atoms with van der Waals surface area (Å²) >= 11 is 1.52. The molecule has 332 valence electrons. The number of allylic oxidation sites excluding steroid dienone is 3. The zero-order valence-corrected chi connectivity index (χ0v) is 37.0. The number of ether oxygens (including phenoxy) is 1. The summed E-state index contributed by atoms with van der Waals surface area (Å²) in [6.07, 6.45) is 5.11. The molecule has 2 heterocycles. The number of halogens is 4. The van der Waals surface area contributed by atoms with Gasteiger partial charge in [0.05, 0.1) is 15.6 Å². The third-order valence-electron chi connectivity index (χ3n) is 9.88. The number of thioether (sulfide) groups is 1. The molecule has 0 bridgehead atoms. The van der Waals surface area contributed by atoms with Crippen molar-refractivity contribution in [3.8, 4) is 17.0 Å². The third kappa shape index (κ3) is 11.9. The first-order valence-corrected chi connectivity index (χ1v) is 22.1.